The highest BCUT2D eigenvalue weighted by Crippen LogP contribution is 2.39. The quantitative estimate of drug-likeness (QED) is 0.602. The number of nitrogens with zero attached hydrogens (tertiary/aromatic N) is 2. The van der Waals surface area contributed by atoms with Crippen molar-refractivity contribution in [1.82, 2.24) is 0 Å². The maximum absolute atomic E-state index is 12.8. The van der Waals surface area contributed by atoms with Crippen LogP contribution in [-0.2, 0) is 9.59 Å². The number of hydrogen-bond donors (Lipinski definition) is 2. The molecular weight excluding hydrogens is 382 g/mol. The molecule has 1 aromatic carbocycles. The van der Waals surface area contributed by atoms with E-state index in [9.17, 15) is 19.5 Å². The Morgan fingerprint density at radius 3 is 2.43 bits per heavy atom. The van der Waals surface area contributed by atoms with Crippen molar-refractivity contribution in [2.24, 2.45) is 5.41 Å². The number of quaternary nitrogens is 1. The van der Waals surface area contributed by atoms with Gasteiger partial charge in [0.1, 0.15) is 6.54 Å². The molecule has 2 aliphatic rings. The second-order valence-corrected chi connectivity index (χ2v) is 8.59. The summed E-state index contributed by atoms with van der Waals surface area (Å²) in [5.74, 6) is -1.32. The van der Waals surface area contributed by atoms with Crippen LogP contribution in [0.4, 0.5) is 11.4 Å². The number of hydrogen-bond acceptors (Lipinski definition) is 3. The Kier molecular flexibility index (Phi) is 6.72. The zero-order valence-electron chi connectivity index (χ0n) is 16.6. The maximum Gasteiger partial charge on any atom is 0.335 e. The van der Waals surface area contributed by atoms with Crippen LogP contribution >= 0.6 is 0 Å². The second-order valence-electron chi connectivity index (χ2n) is 8.59. The van der Waals surface area contributed by atoms with E-state index in [-0.39, 0.29) is 54.3 Å². The summed E-state index contributed by atoms with van der Waals surface area (Å²) in [6.45, 7) is 7.28. The molecule has 28 heavy (non-hydrogen) atoms. The second kappa shape index (κ2) is 8.49. The number of nitrogens with two attached hydrogens (primary N) is 1. The van der Waals surface area contributed by atoms with Crippen LogP contribution in [0.15, 0.2) is 18.2 Å². The lowest BCUT2D eigenvalue weighted by Gasteiger charge is -2.43. The Labute approximate surface area is 171 Å². The number of aromatic carboxylic acids is 1. The zero-order valence-corrected chi connectivity index (χ0v) is 17.3. The molecule has 1 aliphatic heterocycles. The molecule has 0 aromatic heterocycles. The highest BCUT2D eigenvalue weighted by atomic mass is 35.5. The van der Waals surface area contributed by atoms with E-state index in [1.807, 2.05) is 5.32 Å². The normalized spacial score (nSPS) is 16.9. The minimum atomic E-state index is -1.04. The summed E-state index contributed by atoms with van der Waals surface area (Å²) in [4.78, 5) is 40.2. The van der Waals surface area contributed by atoms with Crippen molar-refractivity contribution >= 4 is 29.2 Å². The van der Waals surface area contributed by atoms with Gasteiger partial charge < -0.3 is 27.7 Å². The highest BCUT2D eigenvalue weighted by molar-refractivity contribution is 6.12. The molecule has 0 atom stereocenters. The van der Waals surface area contributed by atoms with Crippen LogP contribution in [0.5, 0.6) is 0 Å². The molecule has 1 aliphatic carbocycles. The van der Waals surface area contributed by atoms with Crippen LogP contribution in [0.2, 0.25) is 0 Å². The number of benzene rings is 1. The summed E-state index contributed by atoms with van der Waals surface area (Å²) in [6, 6.07) is 4.82. The summed E-state index contributed by atoms with van der Waals surface area (Å²) < 4.78 is 0. The maximum atomic E-state index is 12.8. The first-order valence-electron chi connectivity index (χ1n) is 9.49. The van der Waals surface area contributed by atoms with Gasteiger partial charge >= 0.3 is 5.97 Å². The van der Waals surface area contributed by atoms with Gasteiger partial charge in [-0.1, -0.05) is 20.8 Å². The lowest BCUT2D eigenvalue weighted by atomic mass is 9.90. The number of anilines is 2. The van der Waals surface area contributed by atoms with Crippen LogP contribution in [0.25, 0.3) is 0 Å². The van der Waals surface area contributed by atoms with E-state index in [0.29, 0.717) is 11.4 Å². The lowest BCUT2D eigenvalue weighted by molar-refractivity contribution is -0.654. The Morgan fingerprint density at radius 1 is 1.21 bits per heavy atom. The average molecular weight is 410 g/mol. The van der Waals surface area contributed by atoms with Gasteiger partial charge in [0.05, 0.1) is 23.5 Å². The number of carbonyl (C=O) groups excluding carboxylic acids is 2. The highest BCUT2D eigenvalue weighted by Gasteiger charge is 2.39. The molecule has 1 saturated carbocycles. The van der Waals surface area contributed by atoms with E-state index < -0.39 is 5.97 Å². The molecule has 1 aromatic rings. The van der Waals surface area contributed by atoms with Crippen LogP contribution in [0.1, 0.15) is 50.4 Å². The third-order valence-corrected chi connectivity index (χ3v) is 5.15. The minimum Gasteiger partial charge on any atom is -1.00 e. The monoisotopic (exact) mass is 409 g/mol. The van der Waals surface area contributed by atoms with Crippen molar-refractivity contribution in [3.8, 4) is 0 Å². The molecule has 2 amide bonds. The average Bonchev–Trinajstić information content (AvgIpc) is 2.53. The molecule has 7 nitrogen and oxygen atoms in total. The molecular formula is C20H28ClN3O4. The number of carboxylic acids is 1. The van der Waals surface area contributed by atoms with Gasteiger partial charge in [-0.25, -0.2) is 4.79 Å². The standard InChI is InChI=1S/C20H27N3O4.ClH/c1-20(2,3)12-21-10-17(24)22-11-18(25)23(14-5-4-6-14)15-8-7-13(19(26)27)9-16(15)22;/h7-9,14,21H,4-6,10-12H2,1-3H3,(H,26,27);1H. The minimum absolute atomic E-state index is 0. The van der Waals surface area contributed by atoms with Crippen molar-refractivity contribution in [3.63, 3.8) is 0 Å². The molecule has 8 heteroatoms. The van der Waals surface area contributed by atoms with Gasteiger partial charge in [-0.3, -0.25) is 14.5 Å². The van der Waals surface area contributed by atoms with Crippen LogP contribution in [0.3, 0.4) is 0 Å². The van der Waals surface area contributed by atoms with Crippen LogP contribution in [-0.4, -0.2) is 48.6 Å². The molecule has 0 spiro atoms. The van der Waals surface area contributed by atoms with Crippen molar-refractivity contribution in [2.45, 2.75) is 46.1 Å². The molecule has 1 fully saturated rings. The molecule has 1 heterocycles. The lowest BCUT2D eigenvalue weighted by Crippen LogP contribution is -3.00. The topological polar surface area (TPSA) is 94.5 Å². The number of halogens is 1. The van der Waals surface area contributed by atoms with E-state index in [4.69, 9.17) is 0 Å². The van der Waals surface area contributed by atoms with Crippen LogP contribution in [0, 0.1) is 5.41 Å². The van der Waals surface area contributed by atoms with Gasteiger partial charge in [-0.05, 0) is 37.5 Å². The molecule has 0 radical (unpaired) electrons. The molecule has 0 unspecified atom stereocenters. The fourth-order valence-electron chi connectivity index (χ4n) is 3.51. The molecule has 3 N–H and O–H groups in total. The number of rotatable bonds is 5. The van der Waals surface area contributed by atoms with Crippen LogP contribution < -0.4 is 27.5 Å². The fourth-order valence-corrected chi connectivity index (χ4v) is 3.51. The summed E-state index contributed by atoms with van der Waals surface area (Å²) in [5, 5.41) is 11.3. The van der Waals surface area contributed by atoms with E-state index in [1.165, 1.54) is 17.0 Å². The first kappa shape index (κ1) is 22.2. The van der Waals surface area contributed by atoms with E-state index in [2.05, 4.69) is 20.8 Å². The molecule has 0 saturated heterocycles. The molecule has 3 rings (SSSR count). The Hall–Kier alpha value is -2.12. The third kappa shape index (κ3) is 4.64. The van der Waals surface area contributed by atoms with E-state index in [1.54, 1.807) is 11.0 Å². The smallest absolute Gasteiger partial charge is 0.335 e. The zero-order chi connectivity index (χ0) is 19.8. The summed E-state index contributed by atoms with van der Waals surface area (Å²) in [6.07, 6.45) is 2.97. The van der Waals surface area contributed by atoms with Crippen molar-refractivity contribution in [1.29, 1.82) is 0 Å². The third-order valence-electron chi connectivity index (χ3n) is 5.15. The largest absolute Gasteiger partial charge is 1.00 e. The molecule has 0 bridgehead atoms. The Morgan fingerprint density at radius 2 is 1.89 bits per heavy atom. The SMILES string of the molecule is CC(C)(C)C[NH2+]CC(=O)N1CC(=O)N(C2CCC2)c2ccc(C(=O)O)cc21.[Cl-]. The predicted octanol–water partition coefficient (Wildman–Crippen LogP) is -1.77. The summed E-state index contributed by atoms with van der Waals surface area (Å²) in [5.41, 5.74) is 1.38. The fraction of sp³-hybridized carbons (Fsp3) is 0.550. The van der Waals surface area contributed by atoms with Crippen molar-refractivity contribution in [2.75, 3.05) is 29.4 Å². The number of fused-ring (bicyclic) bond motifs is 1. The van der Waals surface area contributed by atoms with E-state index in [0.717, 1.165) is 25.8 Å². The summed E-state index contributed by atoms with van der Waals surface area (Å²) >= 11 is 0. The van der Waals surface area contributed by atoms with Gasteiger partial charge in [-0.15, -0.1) is 0 Å². The Bertz CT molecular complexity index is 771. The first-order valence-corrected chi connectivity index (χ1v) is 9.49. The van der Waals surface area contributed by atoms with Gasteiger partial charge in [0.25, 0.3) is 5.91 Å². The van der Waals surface area contributed by atoms with Gasteiger partial charge in [0.15, 0.2) is 6.54 Å². The van der Waals surface area contributed by atoms with Crippen molar-refractivity contribution < 1.29 is 37.2 Å². The predicted molar refractivity (Wildman–Crippen MR) is 102 cm³/mol. The number of carboxylic acid groups (broad SMARTS) is 1. The Balaban J connectivity index is 0.00000280. The van der Waals surface area contributed by atoms with Gasteiger partial charge in [0, 0.05) is 11.5 Å². The number of amides is 2. The first-order chi connectivity index (χ1) is 12.7. The van der Waals surface area contributed by atoms with E-state index >= 15 is 0 Å². The van der Waals surface area contributed by atoms with Gasteiger partial charge in [-0.2, -0.15) is 0 Å². The molecule has 154 valence electrons. The van der Waals surface area contributed by atoms with Crippen molar-refractivity contribution in [3.05, 3.63) is 23.8 Å². The van der Waals surface area contributed by atoms with Gasteiger partial charge in [0.2, 0.25) is 5.91 Å². The summed E-state index contributed by atoms with van der Waals surface area (Å²) in [7, 11) is 0. The number of carbonyl (C=O) groups is 3.